The molecule has 0 spiro atoms. The monoisotopic (exact) mass is 342 g/mol. The third-order valence-electron chi connectivity index (χ3n) is 4.57. The Morgan fingerprint density at radius 1 is 1.36 bits per heavy atom. The molecule has 3 N–H and O–H groups in total. The Kier molecular flexibility index (Phi) is 4.54. The van der Waals surface area contributed by atoms with Gasteiger partial charge < -0.3 is 5.73 Å². The second-order valence-electron chi connectivity index (χ2n) is 7.96. The zero-order valence-electron chi connectivity index (χ0n) is 15.6. The van der Waals surface area contributed by atoms with Crippen molar-refractivity contribution >= 4 is 22.4 Å². The Hall–Kier alpha value is -2.37. The first-order valence-corrected chi connectivity index (χ1v) is 8.89. The fraction of sp³-hybridized carbons (Fsp3) is 0.526. The lowest BCUT2D eigenvalue weighted by Crippen LogP contribution is -2.27. The van der Waals surface area contributed by atoms with Crippen LogP contribution in [0.15, 0.2) is 28.1 Å². The largest absolute Gasteiger partial charge is 0.416 e. The minimum absolute atomic E-state index is 0.00777. The van der Waals surface area contributed by atoms with Gasteiger partial charge in [0, 0.05) is 25.0 Å². The Morgan fingerprint density at radius 2 is 2.12 bits per heavy atom. The number of nitrogens with one attached hydrogen (secondary N) is 1. The molecular formula is C19H28N5O+. The van der Waals surface area contributed by atoms with Crippen LogP contribution in [-0.4, -0.2) is 21.4 Å². The molecule has 0 bridgehead atoms. The molecule has 3 rings (SSSR count). The first-order valence-electron chi connectivity index (χ1n) is 8.89. The molecule has 25 heavy (non-hydrogen) atoms. The number of nitrogens with zero attached hydrogens (tertiary/aromatic N) is 3. The molecule has 1 aliphatic rings. The summed E-state index contributed by atoms with van der Waals surface area (Å²) in [4.78, 5) is 20.7. The first kappa shape index (κ1) is 17.5. The molecule has 6 heteroatoms. The molecule has 0 saturated heterocycles. The molecule has 0 radical (unpaired) electrons. The maximum atomic E-state index is 12.7. The van der Waals surface area contributed by atoms with E-state index in [2.05, 4.69) is 30.7 Å². The Labute approximate surface area is 148 Å². The number of allylic oxidation sites excluding steroid dienone is 1. The summed E-state index contributed by atoms with van der Waals surface area (Å²) in [6.45, 7) is 7.92. The summed E-state index contributed by atoms with van der Waals surface area (Å²) in [5, 5.41) is 0. The number of imidazole rings is 1. The smallest absolute Gasteiger partial charge is 0.404 e. The van der Waals surface area contributed by atoms with E-state index in [1.807, 2.05) is 16.7 Å². The normalized spacial score (nSPS) is 16.3. The van der Waals surface area contributed by atoms with Gasteiger partial charge >= 0.3 is 11.3 Å². The fourth-order valence-electron chi connectivity index (χ4n) is 3.37. The summed E-state index contributed by atoms with van der Waals surface area (Å²) < 4.78 is 3.50. The van der Waals surface area contributed by atoms with Crippen molar-refractivity contribution in [3.8, 4) is 0 Å². The lowest BCUT2D eigenvalue weighted by molar-refractivity contribution is -0.352. The summed E-state index contributed by atoms with van der Waals surface area (Å²) in [6, 6.07) is 4.00. The van der Waals surface area contributed by atoms with Crippen LogP contribution in [0.3, 0.4) is 0 Å². The van der Waals surface area contributed by atoms with Crippen molar-refractivity contribution < 1.29 is 4.98 Å². The number of aryl methyl sites for hydroxylation is 1. The van der Waals surface area contributed by atoms with Gasteiger partial charge in [0.05, 0.1) is 12.6 Å². The van der Waals surface area contributed by atoms with Gasteiger partial charge in [-0.2, -0.15) is 4.57 Å². The SMILES string of the molecule is Cn1c(=O)n(CC(C)(C)C)c2ccc(C(=CN)C3=NCCCC3)[nH+]c21. The summed E-state index contributed by atoms with van der Waals surface area (Å²) in [7, 11) is 1.80. The van der Waals surface area contributed by atoms with Gasteiger partial charge in [0.2, 0.25) is 0 Å². The average molecular weight is 342 g/mol. The van der Waals surface area contributed by atoms with E-state index in [9.17, 15) is 4.79 Å². The summed E-state index contributed by atoms with van der Waals surface area (Å²) in [5.74, 6) is 0. The second-order valence-corrected chi connectivity index (χ2v) is 7.96. The van der Waals surface area contributed by atoms with Gasteiger partial charge in [0.15, 0.2) is 0 Å². The van der Waals surface area contributed by atoms with E-state index in [4.69, 9.17) is 5.73 Å². The third kappa shape index (κ3) is 3.38. The molecule has 0 amide bonds. The highest BCUT2D eigenvalue weighted by molar-refractivity contribution is 6.23. The van der Waals surface area contributed by atoms with Crippen molar-refractivity contribution in [2.75, 3.05) is 6.54 Å². The molecule has 0 fully saturated rings. The van der Waals surface area contributed by atoms with Crippen molar-refractivity contribution in [3.63, 3.8) is 0 Å². The minimum Gasteiger partial charge on any atom is -0.404 e. The molecule has 0 aromatic carbocycles. The summed E-state index contributed by atoms with van der Waals surface area (Å²) in [6.07, 6.45) is 4.83. The van der Waals surface area contributed by atoms with Gasteiger partial charge in [-0.15, -0.1) is 0 Å². The molecule has 134 valence electrons. The van der Waals surface area contributed by atoms with E-state index in [-0.39, 0.29) is 11.1 Å². The lowest BCUT2D eigenvalue weighted by Gasteiger charge is -2.17. The van der Waals surface area contributed by atoms with Crippen LogP contribution < -0.4 is 16.4 Å². The fourth-order valence-corrected chi connectivity index (χ4v) is 3.37. The van der Waals surface area contributed by atoms with Crippen LogP contribution in [0.2, 0.25) is 0 Å². The number of aromatic nitrogens is 3. The Morgan fingerprint density at radius 3 is 2.72 bits per heavy atom. The predicted octanol–water partition coefficient (Wildman–Crippen LogP) is 2.12. The summed E-state index contributed by atoms with van der Waals surface area (Å²) in [5.41, 5.74) is 10.5. The van der Waals surface area contributed by atoms with Crippen LogP contribution in [0.1, 0.15) is 45.7 Å². The maximum Gasteiger partial charge on any atom is 0.416 e. The van der Waals surface area contributed by atoms with E-state index in [1.165, 1.54) is 0 Å². The molecule has 0 saturated carbocycles. The molecule has 2 aromatic heterocycles. The highest BCUT2D eigenvalue weighted by atomic mass is 16.1. The molecule has 0 unspecified atom stereocenters. The number of pyridine rings is 1. The van der Waals surface area contributed by atoms with E-state index < -0.39 is 0 Å². The zero-order chi connectivity index (χ0) is 18.2. The van der Waals surface area contributed by atoms with Crippen molar-refractivity contribution in [2.24, 2.45) is 23.2 Å². The van der Waals surface area contributed by atoms with Crippen LogP contribution in [0, 0.1) is 5.41 Å². The molecule has 1 aliphatic heterocycles. The first-order chi connectivity index (χ1) is 11.8. The number of fused-ring (bicyclic) bond motifs is 1. The van der Waals surface area contributed by atoms with E-state index >= 15 is 0 Å². The van der Waals surface area contributed by atoms with Crippen LogP contribution in [0.5, 0.6) is 0 Å². The van der Waals surface area contributed by atoms with Crippen LogP contribution in [-0.2, 0) is 13.6 Å². The van der Waals surface area contributed by atoms with E-state index in [0.29, 0.717) is 6.54 Å². The maximum absolute atomic E-state index is 12.7. The van der Waals surface area contributed by atoms with Crippen molar-refractivity contribution in [3.05, 3.63) is 34.5 Å². The molecule has 2 aromatic rings. The number of nitrogens with two attached hydrogens (primary N) is 1. The number of aliphatic imine (C=N–C) groups is 1. The van der Waals surface area contributed by atoms with Crippen LogP contribution in [0.25, 0.3) is 16.7 Å². The third-order valence-corrected chi connectivity index (χ3v) is 4.57. The molecule has 3 heterocycles. The molecule has 0 atom stereocenters. The van der Waals surface area contributed by atoms with Crippen molar-refractivity contribution in [2.45, 2.75) is 46.6 Å². The van der Waals surface area contributed by atoms with Gasteiger partial charge in [-0.1, -0.05) is 20.8 Å². The molecular weight excluding hydrogens is 314 g/mol. The number of rotatable bonds is 3. The van der Waals surface area contributed by atoms with Gasteiger partial charge in [0.25, 0.3) is 0 Å². The predicted molar refractivity (Wildman–Crippen MR) is 102 cm³/mol. The highest BCUT2D eigenvalue weighted by Crippen LogP contribution is 2.22. The van der Waals surface area contributed by atoms with Gasteiger partial charge in [-0.05, 0) is 36.8 Å². The topological polar surface area (TPSA) is 79.5 Å². The van der Waals surface area contributed by atoms with Gasteiger partial charge in [0.1, 0.15) is 11.2 Å². The average Bonchev–Trinajstić information content (AvgIpc) is 2.80. The Balaban J connectivity index is 2.10. The van der Waals surface area contributed by atoms with E-state index in [1.54, 1.807) is 17.8 Å². The highest BCUT2D eigenvalue weighted by Gasteiger charge is 2.24. The second kappa shape index (κ2) is 6.50. The van der Waals surface area contributed by atoms with Crippen molar-refractivity contribution in [1.82, 2.24) is 9.13 Å². The summed E-state index contributed by atoms with van der Waals surface area (Å²) >= 11 is 0. The van der Waals surface area contributed by atoms with Crippen LogP contribution >= 0.6 is 0 Å². The van der Waals surface area contributed by atoms with E-state index in [0.717, 1.165) is 53.9 Å². The van der Waals surface area contributed by atoms with Crippen LogP contribution in [0.4, 0.5) is 0 Å². The Bertz CT molecular complexity index is 908. The van der Waals surface area contributed by atoms with Gasteiger partial charge in [-0.25, -0.2) is 9.78 Å². The number of hydrogen-bond donors (Lipinski definition) is 1. The number of hydrogen-bond acceptors (Lipinski definition) is 3. The van der Waals surface area contributed by atoms with Crippen molar-refractivity contribution in [1.29, 1.82) is 0 Å². The number of aromatic amines is 1. The molecule has 6 nitrogen and oxygen atoms in total. The lowest BCUT2D eigenvalue weighted by atomic mass is 9.97. The zero-order valence-corrected chi connectivity index (χ0v) is 15.6. The quantitative estimate of drug-likeness (QED) is 0.927. The minimum atomic E-state index is -0.00777. The number of H-pyrrole nitrogens is 1. The molecule has 0 aliphatic carbocycles. The standard InChI is InChI=1S/C19H27N5O/c1-19(2,3)12-24-16-9-8-15(22-17(16)23(4)18(24)25)13(11-20)14-7-5-6-10-21-14/h8-9,11H,5-7,10,12,20H2,1-4H3/p+1. The van der Waals surface area contributed by atoms with Gasteiger partial charge in [-0.3, -0.25) is 9.56 Å².